The second-order valence-electron chi connectivity index (χ2n) is 4.23. The summed E-state index contributed by atoms with van der Waals surface area (Å²) in [5.41, 5.74) is 0.970. The van der Waals surface area contributed by atoms with Crippen molar-refractivity contribution >= 4 is 5.78 Å². The maximum atomic E-state index is 11.8. The third kappa shape index (κ3) is 3.47. The Hall–Kier alpha value is -1.13. The lowest BCUT2D eigenvalue weighted by Gasteiger charge is -2.17. The molecule has 0 spiro atoms. The van der Waals surface area contributed by atoms with Gasteiger partial charge in [-0.05, 0) is 31.1 Å². The fourth-order valence-corrected chi connectivity index (χ4v) is 1.99. The molecule has 2 rings (SSSR count). The van der Waals surface area contributed by atoms with E-state index < -0.39 is 0 Å². The number of rotatable bonds is 4. The molecule has 0 unspecified atom stereocenters. The molecule has 2 heterocycles. The summed E-state index contributed by atoms with van der Waals surface area (Å²) in [5.74, 6) is 0.267. The van der Waals surface area contributed by atoms with Crippen LogP contribution in [-0.4, -0.2) is 43.4 Å². The maximum absolute atomic E-state index is 11.8. The van der Waals surface area contributed by atoms with Gasteiger partial charge >= 0.3 is 0 Å². The zero-order valence-electron chi connectivity index (χ0n) is 9.45. The van der Waals surface area contributed by atoms with Crippen molar-refractivity contribution in [1.82, 2.24) is 10.2 Å². The molecular weight excluding hydrogens is 204 g/mol. The Morgan fingerprint density at radius 1 is 1.44 bits per heavy atom. The Bertz CT molecular complexity index is 314. The van der Waals surface area contributed by atoms with E-state index in [0.29, 0.717) is 13.0 Å². The Labute approximate surface area is 95.6 Å². The molecule has 0 aromatic carbocycles. The first-order valence-electron chi connectivity index (χ1n) is 5.80. The molecule has 0 amide bonds. The molecule has 4 heteroatoms. The minimum Gasteiger partial charge on any atom is -0.472 e. The van der Waals surface area contributed by atoms with Crippen LogP contribution < -0.4 is 5.32 Å². The molecule has 0 bridgehead atoms. The monoisotopic (exact) mass is 222 g/mol. The molecule has 1 fully saturated rings. The SMILES string of the molecule is O=C(Cc1ccoc1)CN1CCCNCC1. The number of Topliss-reactive ketones (excluding diaryl/α,β-unsaturated/α-hetero) is 1. The fourth-order valence-electron chi connectivity index (χ4n) is 1.99. The van der Waals surface area contributed by atoms with Gasteiger partial charge in [0.1, 0.15) is 0 Å². The Morgan fingerprint density at radius 3 is 3.19 bits per heavy atom. The van der Waals surface area contributed by atoms with Gasteiger partial charge in [0.15, 0.2) is 5.78 Å². The molecule has 1 N–H and O–H groups in total. The van der Waals surface area contributed by atoms with Gasteiger partial charge in [0, 0.05) is 19.5 Å². The Morgan fingerprint density at radius 2 is 2.38 bits per heavy atom. The van der Waals surface area contributed by atoms with Crippen LogP contribution in [0.5, 0.6) is 0 Å². The van der Waals surface area contributed by atoms with Gasteiger partial charge in [-0.3, -0.25) is 9.69 Å². The third-order valence-corrected chi connectivity index (χ3v) is 2.81. The summed E-state index contributed by atoms with van der Waals surface area (Å²) in [7, 11) is 0. The zero-order chi connectivity index (χ0) is 11.2. The average molecular weight is 222 g/mol. The van der Waals surface area contributed by atoms with E-state index >= 15 is 0 Å². The first kappa shape index (κ1) is 11.4. The van der Waals surface area contributed by atoms with Crippen LogP contribution >= 0.6 is 0 Å². The largest absolute Gasteiger partial charge is 0.472 e. The van der Waals surface area contributed by atoms with E-state index in [0.717, 1.165) is 38.2 Å². The van der Waals surface area contributed by atoms with Crippen LogP contribution in [0.2, 0.25) is 0 Å². The summed E-state index contributed by atoms with van der Waals surface area (Å²) in [5, 5.41) is 3.33. The van der Waals surface area contributed by atoms with Crippen LogP contribution in [-0.2, 0) is 11.2 Å². The van der Waals surface area contributed by atoms with Crippen molar-refractivity contribution in [2.45, 2.75) is 12.8 Å². The van der Waals surface area contributed by atoms with Crippen LogP contribution in [0.15, 0.2) is 23.0 Å². The number of carbonyl (C=O) groups is 1. The summed E-state index contributed by atoms with van der Waals surface area (Å²) in [4.78, 5) is 14.0. The molecule has 0 aliphatic carbocycles. The number of nitrogens with one attached hydrogen (secondary N) is 1. The molecule has 88 valence electrons. The Balaban J connectivity index is 1.77. The molecule has 4 nitrogen and oxygen atoms in total. The van der Waals surface area contributed by atoms with E-state index in [4.69, 9.17) is 4.42 Å². The van der Waals surface area contributed by atoms with E-state index in [9.17, 15) is 4.79 Å². The van der Waals surface area contributed by atoms with Gasteiger partial charge in [0.2, 0.25) is 0 Å². The minimum absolute atomic E-state index is 0.267. The lowest BCUT2D eigenvalue weighted by atomic mass is 10.1. The summed E-state index contributed by atoms with van der Waals surface area (Å²) in [6, 6.07) is 1.85. The first-order valence-corrected chi connectivity index (χ1v) is 5.80. The molecule has 1 saturated heterocycles. The quantitative estimate of drug-likeness (QED) is 0.814. The fraction of sp³-hybridized carbons (Fsp3) is 0.583. The highest BCUT2D eigenvalue weighted by Gasteiger charge is 2.13. The molecule has 0 atom stereocenters. The van der Waals surface area contributed by atoms with Crippen molar-refractivity contribution in [2.75, 3.05) is 32.7 Å². The first-order chi connectivity index (χ1) is 7.84. The zero-order valence-corrected chi connectivity index (χ0v) is 9.45. The van der Waals surface area contributed by atoms with Crippen molar-refractivity contribution in [3.63, 3.8) is 0 Å². The van der Waals surface area contributed by atoms with E-state index in [-0.39, 0.29) is 5.78 Å². The normalized spacial score (nSPS) is 18.2. The molecule has 0 radical (unpaired) electrons. The van der Waals surface area contributed by atoms with Crippen LogP contribution in [0, 0.1) is 0 Å². The third-order valence-electron chi connectivity index (χ3n) is 2.81. The second kappa shape index (κ2) is 5.82. The number of ketones is 1. The van der Waals surface area contributed by atoms with Crippen molar-refractivity contribution in [3.8, 4) is 0 Å². The topological polar surface area (TPSA) is 45.5 Å². The van der Waals surface area contributed by atoms with E-state index in [1.54, 1.807) is 12.5 Å². The molecule has 1 aromatic heterocycles. The predicted molar refractivity (Wildman–Crippen MR) is 61.3 cm³/mol. The van der Waals surface area contributed by atoms with Crippen molar-refractivity contribution < 1.29 is 9.21 Å². The number of carbonyl (C=O) groups excluding carboxylic acids is 1. The maximum Gasteiger partial charge on any atom is 0.151 e. The highest BCUT2D eigenvalue weighted by Crippen LogP contribution is 2.03. The van der Waals surface area contributed by atoms with Crippen LogP contribution in [0.1, 0.15) is 12.0 Å². The van der Waals surface area contributed by atoms with Crippen LogP contribution in [0.25, 0.3) is 0 Å². The van der Waals surface area contributed by atoms with E-state index in [2.05, 4.69) is 10.2 Å². The highest BCUT2D eigenvalue weighted by atomic mass is 16.3. The average Bonchev–Trinajstić information content (AvgIpc) is 2.62. The van der Waals surface area contributed by atoms with Crippen LogP contribution in [0.3, 0.4) is 0 Å². The van der Waals surface area contributed by atoms with Gasteiger partial charge in [-0.25, -0.2) is 0 Å². The van der Waals surface area contributed by atoms with Gasteiger partial charge in [-0.2, -0.15) is 0 Å². The van der Waals surface area contributed by atoms with Gasteiger partial charge < -0.3 is 9.73 Å². The molecule has 16 heavy (non-hydrogen) atoms. The molecule has 1 aromatic rings. The minimum atomic E-state index is 0.267. The lowest BCUT2D eigenvalue weighted by Crippen LogP contribution is -2.33. The number of nitrogens with zero attached hydrogens (tertiary/aromatic N) is 1. The summed E-state index contributed by atoms with van der Waals surface area (Å²) < 4.78 is 4.95. The van der Waals surface area contributed by atoms with Crippen molar-refractivity contribution in [3.05, 3.63) is 24.2 Å². The second-order valence-corrected chi connectivity index (χ2v) is 4.23. The van der Waals surface area contributed by atoms with Crippen LogP contribution in [0.4, 0.5) is 0 Å². The molecule has 1 aliphatic rings. The number of hydrogen-bond donors (Lipinski definition) is 1. The van der Waals surface area contributed by atoms with E-state index in [1.165, 1.54) is 0 Å². The van der Waals surface area contributed by atoms with Crippen molar-refractivity contribution in [2.24, 2.45) is 0 Å². The smallest absolute Gasteiger partial charge is 0.151 e. The predicted octanol–water partition coefficient (Wildman–Crippen LogP) is 0.686. The highest BCUT2D eigenvalue weighted by molar-refractivity contribution is 5.82. The lowest BCUT2D eigenvalue weighted by molar-refractivity contribution is -0.119. The van der Waals surface area contributed by atoms with Gasteiger partial charge in [0.25, 0.3) is 0 Å². The number of furan rings is 1. The van der Waals surface area contributed by atoms with Gasteiger partial charge in [-0.15, -0.1) is 0 Å². The summed E-state index contributed by atoms with van der Waals surface area (Å²) in [6.45, 7) is 4.60. The summed E-state index contributed by atoms with van der Waals surface area (Å²) >= 11 is 0. The Kier molecular flexibility index (Phi) is 4.13. The van der Waals surface area contributed by atoms with Gasteiger partial charge in [-0.1, -0.05) is 0 Å². The standard InChI is InChI=1S/C12H18N2O2/c15-12(8-11-2-7-16-10-11)9-14-5-1-3-13-4-6-14/h2,7,10,13H,1,3-6,8-9H2. The van der Waals surface area contributed by atoms with E-state index in [1.807, 2.05) is 6.07 Å². The molecule has 0 saturated carbocycles. The van der Waals surface area contributed by atoms with Gasteiger partial charge in [0.05, 0.1) is 19.1 Å². The number of hydrogen-bond acceptors (Lipinski definition) is 4. The molecule has 1 aliphatic heterocycles. The van der Waals surface area contributed by atoms with Crippen molar-refractivity contribution in [1.29, 1.82) is 0 Å². The molecular formula is C12H18N2O2. The summed E-state index contributed by atoms with van der Waals surface area (Å²) in [6.07, 6.45) is 4.86.